The number of thiol groups is 2. The van der Waals surface area contributed by atoms with E-state index in [0.29, 0.717) is 13.2 Å². The fourth-order valence-electron chi connectivity index (χ4n) is 4.76. The predicted molar refractivity (Wildman–Crippen MR) is 185 cm³/mol. The van der Waals surface area contributed by atoms with Gasteiger partial charge in [0.05, 0.1) is 13.2 Å². The maximum Gasteiger partial charge on any atom is 0.0506 e. The van der Waals surface area contributed by atoms with Crippen molar-refractivity contribution in [1.29, 1.82) is 0 Å². The summed E-state index contributed by atoms with van der Waals surface area (Å²) in [7, 11) is 0. The third kappa shape index (κ3) is 10.6. The van der Waals surface area contributed by atoms with Gasteiger partial charge in [-0.15, -0.1) is 24.5 Å². The maximum absolute atomic E-state index is 6.13. The summed E-state index contributed by atoms with van der Waals surface area (Å²) in [5.74, 6) is 0. The van der Waals surface area contributed by atoms with Crippen molar-refractivity contribution in [3.05, 3.63) is 143 Å². The van der Waals surface area contributed by atoms with E-state index in [-0.39, 0.29) is 0 Å². The Labute approximate surface area is 255 Å². The first-order valence-electron chi connectivity index (χ1n) is 13.2. The molecule has 0 aliphatic rings. The van der Waals surface area contributed by atoms with Gasteiger partial charge in [0.2, 0.25) is 0 Å². The second kappa shape index (κ2) is 15.2. The van der Waals surface area contributed by atoms with E-state index in [4.69, 9.17) is 52.8 Å². The fraction of sp³-hybridized carbons (Fsp3) is 0.250. The lowest BCUT2D eigenvalue weighted by molar-refractivity contribution is 0.140. The highest BCUT2D eigenvalue weighted by molar-refractivity contribution is 8.63. The number of rotatable bonds is 14. The highest BCUT2D eigenvalue weighted by atomic mass is 32.9. The average Bonchev–Trinajstić information content (AvgIpc) is 2.90. The molecule has 0 saturated heterocycles. The summed E-state index contributed by atoms with van der Waals surface area (Å²) >= 11 is 21.9. The summed E-state index contributed by atoms with van der Waals surface area (Å²) in [4.78, 5) is 0. The summed E-state index contributed by atoms with van der Waals surface area (Å²) in [5, 5.41) is -3.64. The highest BCUT2D eigenvalue weighted by Gasteiger charge is 2.17. The Morgan fingerprint density at radius 2 is 0.795 bits per heavy atom. The lowest BCUT2D eigenvalue weighted by Crippen LogP contribution is -2.06. The van der Waals surface area contributed by atoms with Crippen molar-refractivity contribution < 1.29 is 4.74 Å². The molecule has 4 rings (SSSR count). The molecule has 2 unspecified atom stereocenters. The molecule has 0 spiro atoms. The van der Waals surface area contributed by atoms with Gasteiger partial charge in [0, 0.05) is 35.1 Å². The minimum Gasteiger partial charge on any atom is -0.381 e. The summed E-state index contributed by atoms with van der Waals surface area (Å²) in [6.07, 6.45) is 5.18. The van der Waals surface area contributed by atoms with Crippen LogP contribution in [0.25, 0.3) is 0 Å². The molecule has 7 heteroatoms. The minimum absolute atomic E-state index is 0.686. The molecule has 0 radical (unpaired) electrons. The number of benzene rings is 4. The summed E-state index contributed by atoms with van der Waals surface area (Å²) in [6, 6.07) is 38.1. The Kier molecular flexibility index (Phi) is 12.0. The number of ether oxygens (including phenoxy) is 1. The molecule has 0 bridgehead atoms. The van der Waals surface area contributed by atoms with Gasteiger partial charge in [0.1, 0.15) is 0 Å². The highest BCUT2D eigenvalue weighted by Crippen LogP contribution is 2.58. The number of hydrogen-bond donors (Lipinski definition) is 2. The maximum atomic E-state index is 6.13. The Bertz CT molecular complexity index is 1320. The molecule has 0 aromatic heterocycles. The Balaban J connectivity index is 1.28. The van der Waals surface area contributed by atoms with E-state index in [1.54, 1.807) is 0 Å². The molecular formula is C32H36OP2S4. The molecule has 0 aliphatic heterocycles. The quantitative estimate of drug-likeness (QED) is 0.0820. The first-order chi connectivity index (χ1) is 18.8. The summed E-state index contributed by atoms with van der Waals surface area (Å²) in [6.45, 7) is 1.37. The van der Waals surface area contributed by atoms with Crippen molar-refractivity contribution >= 4 is 58.6 Å². The van der Waals surface area contributed by atoms with Crippen LogP contribution < -0.4 is 0 Å². The molecule has 0 aliphatic carbocycles. The Hall–Kier alpha value is -1.16. The van der Waals surface area contributed by atoms with Crippen molar-refractivity contribution in [2.75, 3.05) is 13.2 Å². The van der Waals surface area contributed by atoms with Crippen molar-refractivity contribution in [2.24, 2.45) is 0 Å². The van der Waals surface area contributed by atoms with Crippen LogP contribution in [0.4, 0.5) is 0 Å². The van der Waals surface area contributed by atoms with Gasteiger partial charge in [-0.25, -0.2) is 0 Å². The van der Waals surface area contributed by atoms with Crippen LogP contribution in [0.1, 0.15) is 33.4 Å². The molecule has 1 nitrogen and oxygen atoms in total. The van der Waals surface area contributed by atoms with E-state index in [1.807, 2.05) is 12.1 Å². The second-order valence-corrected chi connectivity index (χ2v) is 25.0. The molecular weight excluding hydrogens is 591 g/mol. The molecule has 0 N–H and O–H groups in total. The molecule has 204 valence electrons. The van der Waals surface area contributed by atoms with Crippen LogP contribution in [-0.4, -0.2) is 13.2 Å². The smallest absolute Gasteiger partial charge is 0.0506 e. The zero-order chi connectivity index (χ0) is 27.6. The SMILES string of the molecule is S=P(S)(Cc1ccccc1)Cc1ccccc1CCOCCc1ccccc1CP(=S)(S)Cc1ccccc1. The summed E-state index contributed by atoms with van der Waals surface area (Å²) in [5.41, 5.74) is 7.77. The van der Waals surface area contributed by atoms with Gasteiger partial charge in [-0.2, -0.15) is 0 Å². The van der Waals surface area contributed by atoms with Gasteiger partial charge >= 0.3 is 0 Å². The number of hydrogen-bond acceptors (Lipinski definition) is 3. The molecule has 0 saturated carbocycles. The van der Waals surface area contributed by atoms with Crippen LogP contribution in [0, 0.1) is 0 Å². The van der Waals surface area contributed by atoms with Crippen LogP contribution in [0.3, 0.4) is 0 Å². The van der Waals surface area contributed by atoms with Gasteiger partial charge < -0.3 is 4.74 Å². The van der Waals surface area contributed by atoms with Gasteiger partial charge in [0.15, 0.2) is 0 Å². The largest absolute Gasteiger partial charge is 0.381 e. The van der Waals surface area contributed by atoms with Gasteiger partial charge in [-0.05, 0) is 46.2 Å². The third-order valence-electron chi connectivity index (χ3n) is 6.65. The van der Waals surface area contributed by atoms with Crippen molar-refractivity contribution in [3.63, 3.8) is 0 Å². The standard InChI is InChI=1S/C32H36OP2S4/c36-34(37,23-27-11-3-1-4-12-27)25-31-17-9-7-15-29(31)19-21-33-22-20-30-16-8-10-18-32(30)26-35(38,39)24-28-13-5-2-6-14-28/h1-18H,19-26H2,(H,36,37)(H,38,39). The molecule has 0 fully saturated rings. The molecule has 4 aromatic rings. The fourth-order valence-corrected chi connectivity index (χ4v) is 11.9. The van der Waals surface area contributed by atoms with E-state index < -0.39 is 10.5 Å². The Morgan fingerprint density at radius 3 is 1.18 bits per heavy atom. The van der Waals surface area contributed by atoms with Crippen molar-refractivity contribution in [3.8, 4) is 0 Å². The topological polar surface area (TPSA) is 9.23 Å². The van der Waals surface area contributed by atoms with Crippen LogP contribution in [-0.2, 0) is 65.8 Å². The average molecular weight is 627 g/mol. The van der Waals surface area contributed by atoms with E-state index in [9.17, 15) is 0 Å². The minimum atomic E-state index is -1.82. The molecule has 0 amide bonds. The van der Waals surface area contributed by atoms with Crippen LogP contribution >= 0.6 is 35.0 Å². The van der Waals surface area contributed by atoms with E-state index >= 15 is 0 Å². The van der Waals surface area contributed by atoms with Gasteiger partial charge in [-0.1, -0.05) is 133 Å². The zero-order valence-electron chi connectivity index (χ0n) is 22.1. The lowest BCUT2D eigenvalue weighted by Gasteiger charge is -2.19. The van der Waals surface area contributed by atoms with Crippen molar-refractivity contribution in [2.45, 2.75) is 37.5 Å². The normalized spacial score (nSPS) is 14.4. The van der Waals surface area contributed by atoms with Crippen LogP contribution in [0.2, 0.25) is 0 Å². The predicted octanol–water partition coefficient (Wildman–Crippen LogP) is 9.54. The second-order valence-electron chi connectivity index (χ2n) is 9.95. The molecule has 2 atom stereocenters. The summed E-state index contributed by atoms with van der Waals surface area (Å²) < 4.78 is 6.13. The third-order valence-corrected chi connectivity index (χ3v) is 13.3. The Morgan fingerprint density at radius 1 is 0.462 bits per heavy atom. The van der Waals surface area contributed by atoms with Gasteiger partial charge in [-0.3, -0.25) is 0 Å². The van der Waals surface area contributed by atoms with E-state index in [1.165, 1.54) is 33.4 Å². The first kappa shape index (κ1) is 30.8. The lowest BCUT2D eigenvalue weighted by atomic mass is 10.1. The molecule has 4 aromatic carbocycles. The van der Waals surface area contributed by atoms with E-state index in [0.717, 1.165) is 37.5 Å². The van der Waals surface area contributed by atoms with Crippen LogP contribution in [0.15, 0.2) is 109 Å². The molecule has 39 heavy (non-hydrogen) atoms. The van der Waals surface area contributed by atoms with E-state index in [2.05, 4.69) is 97.1 Å². The first-order valence-corrected chi connectivity index (χ1v) is 21.9. The molecule has 0 heterocycles. The monoisotopic (exact) mass is 626 g/mol. The van der Waals surface area contributed by atoms with Crippen LogP contribution in [0.5, 0.6) is 0 Å². The zero-order valence-corrected chi connectivity index (χ0v) is 27.3. The van der Waals surface area contributed by atoms with Crippen molar-refractivity contribution in [1.82, 2.24) is 0 Å². The van der Waals surface area contributed by atoms with Gasteiger partial charge in [0.25, 0.3) is 0 Å².